The molecule has 5 aliphatic carbocycles. The Balaban J connectivity index is 0.703. The van der Waals surface area contributed by atoms with Crippen LogP contribution in [-0.2, 0) is 27.2 Å². The molecule has 74 heavy (non-hydrogen) atoms. The molecule has 17 nitrogen and oxygen atoms in total. The molecule has 8 heterocycles. The number of carbonyl (C=O) groups excluding carboxylic acids is 2. The molecule has 380 valence electrons. The molecule has 2 saturated heterocycles. The minimum atomic E-state index is -0.485. The Bertz CT molecular complexity index is 3720. The number of amides is 2. The zero-order valence-electron chi connectivity index (χ0n) is 42.7. The average molecular weight is 998 g/mol. The number of aromatic nitrogens is 9. The van der Waals surface area contributed by atoms with Gasteiger partial charge in [-0.2, -0.15) is 4.98 Å². The highest BCUT2D eigenvalue weighted by molar-refractivity contribution is 6.01. The van der Waals surface area contributed by atoms with Crippen molar-refractivity contribution in [3.63, 3.8) is 0 Å². The number of piperidine rings is 1. The van der Waals surface area contributed by atoms with Crippen molar-refractivity contribution in [2.45, 2.75) is 88.1 Å². The van der Waals surface area contributed by atoms with Crippen LogP contribution in [0.3, 0.4) is 0 Å². The minimum Gasteiger partial charge on any atom is -0.494 e. The third-order valence-electron chi connectivity index (χ3n) is 18.7. The number of hydrogen-bond acceptors (Lipinski definition) is 11. The summed E-state index contributed by atoms with van der Waals surface area (Å²) in [6.07, 6.45) is 12.4. The zero-order valence-corrected chi connectivity index (χ0v) is 42.7. The zero-order chi connectivity index (χ0) is 50.2. The first-order chi connectivity index (χ1) is 35.9. The number of anilines is 1. The Labute approximate surface area is 426 Å². The van der Waals surface area contributed by atoms with Crippen LogP contribution in [0.1, 0.15) is 72.1 Å². The van der Waals surface area contributed by atoms with Gasteiger partial charge in [0, 0.05) is 85.9 Å². The molecule has 2 aliphatic heterocycles. The molecule has 0 radical (unpaired) electrons. The lowest BCUT2D eigenvalue weighted by Gasteiger charge is -2.66. The van der Waals surface area contributed by atoms with E-state index in [0.717, 1.165) is 108 Å². The normalized spacial score (nSPS) is 25.7. The Morgan fingerprint density at radius 3 is 2.04 bits per heavy atom. The van der Waals surface area contributed by atoms with E-state index >= 15 is 4.39 Å². The van der Waals surface area contributed by atoms with Crippen LogP contribution in [0.5, 0.6) is 11.8 Å². The van der Waals surface area contributed by atoms with Crippen molar-refractivity contribution in [3.8, 4) is 34.8 Å². The topological polar surface area (TPSA) is 159 Å². The third-order valence-corrected chi connectivity index (χ3v) is 18.7. The maximum Gasteiger partial charge on any atom is 0.318 e. The van der Waals surface area contributed by atoms with Crippen LogP contribution in [-0.4, -0.2) is 135 Å². The van der Waals surface area contributed by atoms with Crippen molar-refractivity contribution in [3.05, 3.63) is 71.8 Å². The summed E-state index contributed by atoms with van der Waals surface area (Å²) in [7, 11) is 11.4. The maximum atomic E-state index is 16.3. The molecule has 2 bridgehead atoms. The van der Waals surface area contributed by atoms with Gasteiger partial charge in [0.05, 0.1) is 60.6 Å². The fraction of sp³-hybridized carbons (Fsp3) is 0.482. The van der Waals surface area contributed by atoms with Gasteiger partial charge in [-0.3, -0.25) is 9.59 Å². The van der Waals surface area contributed by atoms with Gasteiger partial charge in [0.2, 0.25) is 0 Å². The molecule has 2 amide bonds. The largest absolute Gasteiger partial charge is 0.494 e. The van der Waals surface area contributed by atoms with Gasteiger partial charge in [-0.15, -0.1) is 0 Å². The predicted molar refractivity (Wildman–Crippen MR) is 278 cm³/mol. The van der Waals surface area contributed by atoms with Crippen molar-refractivity contribution in [1.82, 2.24) is 57.9 Å². The summed E-state index contributed by atoms with van der Waals surface area (Å²) < 4.78 is 36.1. The second kappa shape index (κ2) is 15.7. The lowest BCUT2D eigenvalue weighted by atomic mass is 9.47. The first-order valence-electron chi connectivity index (χ1n) is 26.5. The van der Waals surface area contributed by atoms with E-state index in [1.807, 2.05) is 43.4 Å². The SMILES string of the molecule is COc1ncc2cc(-c3nc4cc(C(=O)N5C[C@H]6CC[C@@H]5[C@@H]6Nc5cnc6c(c5)cc(-c5nc7cc(C(=O)N8C[C@H]9CC%10(N(C)C)C[C@@H]8[C@@H]9%10)cc(OC)c7n5C)n6CC5CC5)cc(F)c4n3C)n(CC3CC3)c2n1. The second-order valence-corrected chi connectivity index (χ2v) is 23.0. The second-order valence-electron chi connectivity index (χ2n) is 23.0. The number of nitrogens with zero attached hydrogens (tertiary/aromatic N) is 12. The molecule has 0 spiro atoms. The number of likely N-dealkylation sites (tertiary alicyclic amines) is 2. The lowest BCUT2D eigenvalue weighted by Crippen LogP contribution is -2.73. The van der Waals surface area contributed by atoms with Gasteiger partial charge in [0.1, 0.15) is 33.9 Å². The van der Waals surface area contributed by atoms with Crippen LogP contribution < -0.4 is 14.8 Å². The number of carbonyl (C=O) groups is 2. The first kappa shape index (κ1) is 44.4. The first-order valence-corrected chi connectivity index (χ1v) is 26.5. The monoisotopic (exact) mass is 997 g/mol. The Morgan fingerprint density at radius 2 is 1.35 bits per heavy atom. The highest BCUT2D eigenvalue weighted by Crippen LogP contribution is 2.65. The molecule has 7 aliphatic rings. The molecule has 5 saturated carbocycles. The van der Waals surface area contributed by atoms with Crippen LogP contribution in [0.4, 0.5) is 10.1 Å². The molecular weight excluding hydrogens is 938 g/mol. The Kier molecular flexibility index (Phi) is 9.44. The van der Waals surface area contributed by atoms with E-state index in [0.29, 0.717) is 70.0 Å². The summed E-state index contributed by atoms with van der Waals surface area (Å²) in [4.78, 5) is 59.7. The van der Waals surface area contributed by atoms with Gasteiger partial charge in [-0.1, -0.05) is 0 Å². The van der Waals surface area contributed by atoms with E-state index in [-0.39, 0.29) is 41.4 Å². The van der Waals surface area contributed by atoms with Crippen molar-refractivity contribution < 1.29 is 23.5 Å². The van der Waals surface area contributed by atoms with Crippen LogP contribution >= 0.6 is 0 Å². The van der Waals surface area contributed by atoms with Gasteiger partial charge in [-0.25, -0.2) is 24.3 Å². The minimum absolute atomic E-state index is 0.0103. The van der Waals surface area contributed by atoms with Crippen molar-refractivity contribution >= 4 is 61.6 Å². The number of hydrogen-bond donors (Lipinski definition) is 1. The van der Waals surface area contributed by atoms with E-state index in [9.17, 15) is 9.59 Å². The molecule has 1 unspecified atom stereocenters. The molecule has 15 rings (SSSR count). The molecule has 18 heteroatoms. The summed E-state index contributed by atoms with van der Waals surface area (Å²) in [5, 5.41) is 5.67. The molecule has 6 aromatic heterocycles. The Hall–Kier alpha value is -7.08. The van der Waals surface area contributed by atoms with Crippen LogP contribution in [0.15, 0.2) is 54.9 Å². The summed E-state index contributed by atoms with van der Waals surface area (Å²) in [6, 6.07) is 13.9. The van der Waals surface area contributed by atoms with Gasteiger partial charge in [0.15, 0.2) is 11.6 Å². The van der Waals surface area contributed by atoms with E-state index in [4.69, 9.17) is 24.4 Å². The maximum absolute atomic E-state index is 16.3. The average Bonchev–Trinajstić information content (AvgIpc) is 4.15. The van der Waals surface area contributed by atoms with Crippen molar-refractivity contribution in [1.29, 1.82) is 0 Å². The van der Waals surface area contributed by atoms with Crippen LogP contribution in [0.25, 0.3) is 67.2 Å². The highest BCUT2D eigenvalue weighted by Gasteiger charge is 2.72. The van der Waals surface area contributed by atoms with Gasteiger partial charge >= 0.3 is 6.01 Å². The quantitative estimate of drug-likeness (QED) is 0.121. The molecule has 1 N–H and O–H groups in total. The third kappa shape index (κ3) is 6.38. The number of imidazole rings is 2. The van der Waals surface area contributed by atoms with Gasteiger partial charge in [0.25, 0.3) is 11.8 Å². The lowest BCUT2D eigenvalue weighted by molar-refractivity contribution is -0.139. The number of rotatable bonds is 13. The molecule has 7 atom stereocenters. The predicted octanol–water partition coefficient (Wildman–Crippen LogP) is 7.74. The number of nitrogens with one attached hydrogen (secondary N) is 1. The number of fused-ring (bicyclic) bond motifs is 6. The highest BCUT2D eigenvalue weighted by atomic mass is 19.1. The summed E-state index contributed by atoms with van der Waals surface area (Å²) in [5.74, 6) is 3.88. The van der Waals surface area contributed by atoms with Gasteiger partial charge in [-0.05, 0) is 132 Å². The van der Waals surface area contributed by atoms with Crippen LogP contribution in [0.2, 0.25) is 0 Å². The molecule has 8 aromatic rings. The van der Waals surface area contributed by atoms with E-state index < -0.39 is 5.82 Å². The smallest absolute Gasteiger partial charge is 0.318 e. The number of benzene rings is 2. The van der Waals surface area contributed by atoms with Crippen LogP contribution in [0, 0.1) is 35.4 Å². The number of methoxy groups -OCH3 is 2. The Morgan fingerprint density at radius 1 is 0.703 bits per heavy atom. The molecular formula is C56H60FN13O4. The fourth-order valence-electron chi connectivity index (χ4n) is 14.6. The molecule has 2 aromatic carbocycles. The van der Waals surface area contributed by atoms with E-state index in [2.05, 4.69) is 65.0 Å². The number of pyridine rings is 1. The number of ether oxygens (including phenoxy) is 2. The van der Waals surface area contributed by atoms with Gasteiger partial charge < -0.3 is 47.8 Å². The summed E-state index contributed by atoms with van der Waals surface area (Å²) >= 11 is 0. The fourth-order valence-corrected chi connectivity index (χ4v) is 14.6. The van der Waals surface area contributed by atoms with E-state index in [1.54, 1.807) is 31.0 Å². The summed E-state index contributed by atoms with van der Waals surface area (Å²) in [5.41, 5.74) is 7.84. The number of aryl methyl sites for hydroxylation is 2. The van der Waals surface area contributed by atoms with Crippen molar-refractivity contribution in [2.24, 2.45) is 43.7 Å². The van der Waals surface area contributed by atoms with E-state index in [1.165, 1.54) is 25.3 Å². The standard InChI is InChI=1S/C56H60FN13O4/c1-64(2)56-20-35-27-70(43(21-56)45(35)56)54(72)33-16-39-48(44(19-33)73-5)66(4)52(62-39)41-17-31-13-36(23-58-49(31)67(41)24-28-7-8-28)60-46-30-11-12-40(46)69(26-30)53(71)32-14-37(57)47-38(15-32)61-51(65(47)3)42-18-34-22-59-55(74-6)63-50(34)68(42)25-29-9-10-29/h13-19,22-23,28-30,35,40,43,45-46,60H,7-12,20-21,24-27H2,1-6H3/t30-,35-,40-,43-,45-,46-,56?/m1/s1. The number of halogens is 1. The molecule has 7 fully saturated rings. The van der Waals surface area contributed by atoms with Crippen molar-refractivity contribution in [2.75, 3.05) is 46.7 Å². The summed E-state index contributed by atoms with van der Waals surface area (Å²) in [6.45, 7) is 3.00.